The molecule has 5 heteroatoms. The summed E-state index contributed by atoms with van der Waals surface area (Å²) in [5.74, 6) is -1.00. The Hall–Kier alpha value is -1.62. The molecular weight excluding hydrogens is 243 g/mol. The third-order valence-electron chi connectivity index (χ3n) is 1.94. The molecule has 1 N–H and O–H groups in total. The summed E-state index contributed by atoms with van der Waals surface area (Å²) in [6.45, 7) is 1.46. The van der Waals surface area contributed by atoms with Gasteiger partial charge in [-0.25, -0.2) is 4.39 Å². The largest absolute Gasteiger partial charge is 0.504 e. The van der Waals surface area contributed by atoms with E-state index in [2.05, 4.69) is 0 Å². The molecule has 0 bridgehead atoms. The molecule has 0 amide bonds. The van der Waals surface area contributed by atoms with Gasteiger partial charge in [-0.2, -0.15) is 0 Å². The summed E-state index contributed by atoms with van der Waals surface area (Å²) < 4.78 is 13.2. The zero-order chi connectivity index (χ0) is 12.8. The van der Waals surface area contributed by atoms with Crippen molar-refractivity contribution >= 4 is 29.2 Å². The molecule has 0 saturated carbocycles. The van der Waals surface area contributed by atoms with E-state index in [0.29, 0.717) is 17.6 Å². The normalized spacial score (nSPS) is 10.7. The molecule has 0 aliphatic heterocycles. The molecular formula is C12H11FO3S. The van der Waals surface area contributed by atoms with E-state index >= 15 is 0 Å². The van der Waals surface area contributed by atoms with Crippen LogP contribution in [0.4, 0.5) is 4.39 Å². The van der Waals surface area contributed by atoms with Crippen LogP contribution in [0.25, 0.3) is 6.08 Å². The molecule has 0 unspecified atom stereocenters. The molecule has 0 aliphatic rings. The molecule has 0 aromatic heterocycles. The molecule has 17 heavy (non-hydrogen) atoms. The standard InChI is InChI=1S/C12H11FO3S/c1-8(15)17-4-2-3-9-5-10(7-14)12(16)11(13)6-9/h2-3,5-7,16H,4H2,1H3. The Bertz CT molecular complexity index is 469. The van der Waals surface area contributed by atoms with Crippen molar-refractivity contribution in [2.24, 2.45) is 0 Å². The molecule has 0 aliphatic carbocycles. The van der Waals surface area contributed by atoms with E-state index in [1.165, 1.54) is 13.0 Å². The van der Waals surface area contributed by atoms with Crippen LogP contribution < -0.4 is 0 Å². The fraction of sp³-hybridized carbons (Fsp3) is 0.167. The predicted octanol–water partition coefficient (Wildman–Crippen LogP) is 2.64. The molecule has 0 fully saturated rings. The lowest BCUT2D eigenvalue weighted by molar-refractivity contribution is -0.109. The second kappa shape index (κ2) is 6.20. The minimum Gasteiger partial charge on any atom is -0.504 e. The number of hydrogen-bond acceptors (Lipinski definition) is 4. The van der Waals surface area contributed by atoms with Crippen LogP contribution in [0.3, 0.4) is 0 Å². The number of rotatable bonds is 4. The van der Waals surface area contributed by atoms with Gasteiger partial charge < -0.3 is 5.11 Å². The van der Waals surface area contributed by atoms with Gasteiger partial charge in [0, 0.05) is 12.7 Å². The van der Waals surface area contributed by atoms with E-state index in [9.17, 15) is 19.1 Å². The first-order valence-electron chi connectivity index (χ1n) is 4.82. The number of phenols is 1. The number of aldehydes is 1. The summed E-state index contributed by atoms with van der Waals surface area (Å²) in [6, 6.07) is 2.50. The van der Waals surface area contributed by atoms with Gasteiger partial charge in [-0.05, 0) is 17.7 Å². The number of benzene rings is 1. The highest BCUT2D eigenvalue weighted by molar-refractivity contribution is 8.13. The van der Waals surface area contributed by atoms with Crippen molar-refractivity contribution < 1.29 is 19.1 Å². The number of halogens is 1. The average molecular weight is 254 g/mol. The van der Waals surface area contributed by atoms with Crippen molar-refractivity contribution in [1.82, 2.24) is 0 Å². The Morgan fingerprint density at radius 1 is 1.53 bits per heavy atom. The SMILES string of the molecule is CC(=O)SCC=Cc1cc(F)c(O)c(C=O)c1. The van der Waals surface area contributed by atoms with E-state index in [4.69, 9.17) is 0 Å². The lowest BCUT2D eigenvalue weighted by Crippen LogP contribution is -1.88. The highest BCUT2D eigenvalue weighted by Crippen LogP contribution is 2.22. The molecule has 0 spiro atoms. The van der Waals surface area contributed by atoms with Gasteiger partial charge in [-0.1, -0.05) is 23.9 Å². The van der Waals surface area contributed by atoms with Crippen molar-refractivity contribution in [2.75, 3.05) is 5.75 Å². The van der Waals surface area contributed by atoms with Gasteiger partial charge in [0.1, 0.15) is 0 Å². The average Bonchev–Trinajstić information content (AvgIpc) is 2.28. The molecule has 0 heterocycles. The Morgan fingerprint density at radius 2 is 2.24 bits per heavy atom. The van der Waals surface area contributed by atoms with Crippen LogP contribution in [0.5, 0.6) is 5.75 Å². The molecule has 0 saturated heterocycles. The van der Waals surface area contributed by atoms with Crippen LogP contribution in [0, 0.1) is 5.82 Å². The highest BCUT2D eigenvalue weighted by Gasteiger charge is 2.07. The van der Waals surface area contributed by atoms with E-state index < -0.39 is 11.6 Å². The van der Waals surface area contributed by atoms with Crippen molar-refractivity contribution in [3.8, 4) is 5.75 Å². The fourth-order valence-electron chi connectivity index (χ4n) is 1.18. The quantitative estimate of drug-likeness (QED) is 0.839. The highest BCUT2D eigenvalue weighted by atomic mass is 32.2. The molecule has 0 atom stereocenters. The van der Waals surface area contributed by atoms with Gasteiger partial charge in [0.25, 0.3) is 0 Å². The first-order chi connectivity index (χ1) is 8.04. The molecule has 1 aromatic rings. The number of hydrogen-bond donors (Lipinski definition) is 1. The zero-order valence-electron chi connectivity index (χ0n) is 9.14. The third kappa shape index (κ3) is 4.03. The second-order valence-corrected chi connectivity index (χ2v) is 4.46. The molecule has 0 radical (unpaired) electrons. The molecule has 1 aromatic carbocycles. The number of carbonyl (C=O) groups is 2. The van der Waals surface area contributed by atoms with E-state index in [1.807, 2.05) is 0 Å². The summed E-state index contributed by atoms with van der Waals surface area (Å²) in [5, 5.41) is 9.19. The molecule has 3 nitrogen and oxygen atoms in total. The lowest BCUT2D eigenvalue weighted by atomic mass is 10.1. The summed E-state index contributed by atoms with van der Waals surface area (Å²) in [5.41, 5.74) is 0.371. The number of aromatic hydroxyl groups is 1. The number of carbonyl (C=O) groups excluding carboxylic acids is 2. The topological polar surface area (TPSA) is 54.4 Å². The summed E-state index contributed by atoms with van der Waals surface area (Å²) in [7, 11) is 0. The van der Waals surface area contributed by atoms with Gasteiger partial charge in [-0.15, -0.1) is 0 Å². The van der Waals surface area contributed by atoms with Gasteiger partial charge in [0.05, 0.1) is 5.56 Å². The Kier molecular flexibility index (Phi) is 4.90. The lowest BCUT2D eigenvalue weighted by Gasteiger charge is -2.01. The monoisotopic (exact) mass is 254 g/mol. The number of phenolic OH excluding ortho intramolecular Hbond substituents is 1. The predicted molar refractivity (Wildman–Crippen MR) is 65.6 cm³/mol. The maximum atomic E-state index is 13.2. The second-order valence-electron chi connectivity index (χ2n) is 3.26. The van der Waals surface area contributed by atoms with E-state index in [0.717, 1.165) is 17.8 Å². The third-order valence-corrected chi connectivity index (χ3v) is 2.70. The van der Waals surface area contributed by atoms with Crippen molar-refractivity contribution in [3.63, 3.8) is 0 Å². The van der Waals surface area contributed by atoms with Crippen LogP contribution >= 0.6 is 11.8 Å². The minimum absolute atomic E-state index is 0.000109. The van der Waals surface area contributed by atoms with Gasteiger partial charge in [-0.3, -0.25) is 9.59 Å². The van der Waals surface area contributed by atoms with Crippen LogP contribution in [0.2, 0.25) is 0 Å². The zero-order valence-corrected chi connectivity index (χ0v) is 9.96. The molecule has 90 valence electrons. The van der Waals surface area contributed by atoms with Crippen LogP contribution in [0.1, 0.15) is 22.8 Å². The summed E-state index contributed by atoms with van der Waals surface area (Å²) in [6.07, 6.45) is 3.66. The Balaban J connectivity index is 2.81. The minimum atomic E-state index is -0.839. The van der Waals surface area contributed by atoms with Crippen LogP contribution in [0.15, 0.2) is 18.2 Å². The fourth-order valence-corrected chi connectivity index (χ4v) is 1.61. The smallest absolute Gasteiger partial charge is 0.186 e. The van der Waals surface area contributed by atoms with Gasteiger partial charge >= 0.3 is 0 Å². The summed E-state index contributed by atoms with van der Waals surface area (Å²) in [4.78, 5) is 21.2. The van der Waals surface area contributed by atoms with Crippen molar-refractivity contribution in [3.05, 3.63) is 35.2 Å². The maximum absolute atomic E-state index is 13.2. The Morgan fingerprint density at radius 3 is 2.82 bits per heavy atom. The van der Waals surface area contributed by atoms with Crippen molar-refractivity contribution in [1.29, 1.82) is 0 Å². The van der Waals surface area contributed by atoms with Gasteiger partial charge in [0.15, 0.2) is 23.0 Å². The first kappa shape index (κ1) is 13.4. The van der Waals surface area contributed by atoms with Gasteiger partial charge in [0.2, 0.25) is 0 Å². The summed E-state index contributed by atoms with van der Waals surface area (Å²) >= 11 is 1.13. The van der Waals surface area contributed by atoms with Crippen molar-refractivity contribution in [2.45, 2.75) is 6.92 Å². The Labute approximate surface area is 102 Å². The first-order valence-corrected chi connectivity index (χ1v) is 5.80. The van der Waals surface area contributed by atoms with Crippen LogP contribution in [-0.2, 0) is 4.79 Å². The van der Waals surface area contributed by atoms with Crippen LogP contribution in [-0.4, -0.2) is 22.3 Å². The van der Waals surface area contributed by atoms with E-state index in [-0.39, 0.29) is 10.7 Å². The maximum Gasteiger partial charge on any atom is 0.186 e. The van der Waals surface area contributed by atoms with E-state index in [1.54, 1.807) is 12.2 Å². The number of thioether (sulfide) groups is 1. The molecule has 1 rings (SSSR count).